The molecule has 0 saturated heterocycles. The van der Waals surface area contributed by atoms with Crippen LogP contribution < -0.4 is 5.73 Å². The fourth-order valence-electron chi connectivity index (χ4n) is 1.04. The summed E-state index contributed by atoms with van der Waals surface area (Å²) in [5.74, 6) is 1.89. The Labute approximate surface area is 82.9 Å². The van der Waals surface area contributed by atoms with E-state index in [1.807, 2.05) is 6.07 Å². The van der Waals surface area contributed by atoms with E-state index in [1.165, 1.54) is 0 Å². The fraction of sp³-hybridized carbons (Fsp3) is 0.182. The largest absolute Gasteiger partial charge is 0.452 e. The van der Waals surface area contributed by atoms with Crippen molar-refractivity contribution in [3.8, 4) is 12.3 Å². The van der Waals surface area contributed by atoms with Crippen molar-refractivity contribution in [3.05, 3.63) is 29.8 Å². The topological polar surface area (TPSA) is 52.3 Å². The maximum absolute atomic E-state index is 11.1. The third-order valence-corrected chi connectivity index (χ3v) is 1.62. The Morgan fingerprint density at radius 2 is 2.36 bits per heavy atom. The minimum Gasteiger partial charge on any atom is -0.452 e. The summed E-state index contributed by atoms with van der Waals surface area (Å²) in [5.41, 5.74) is 7.01. The van der Waals surface area contributed by atoms with E-state index in [0.717, 1.165) is 5.56 Å². The van der Waals surface area contributed by atoms with Gasteiger partial charge in [0.05, 0.1) is 6.42 Å². The van der Waals surface area contributed by atoms with Crippen molar-refractivity contribution >= 4 is 11.7 Å². The highest BCUT2D eigenvalue weighted by molar-refractivity contribution is 5.73. The van der Waals surface area contributed by atoms with Crippen LogP contribution in [-0.2, 0) is 16.0 Å². The lowest BCUT2D eigenvalue weighted by Gasteiger charge is -2.01. The van der Waals surface area contributed by atoms with Gasteiger partial charge in [0.2, 0.25) is 0 Å². The van der Waals surface area contributed by atoms with Gasteiger partial charge < -0.3 is 10.5 Å². The number of benzene rings is 1. The molecule has 0 bridgehead atoms. The Hall–Kier alpha value is -1.95. The van der Waals surface area contributed by atoms with Gasteiger partial charge in [0.25, 0.3) is 0 Å². The number of ether oxygens (including phenoxy) is 1. The molecule has 72 valence electrons. The average molecular weight is 189 g/mol. The van der Waals surface area contributed by atoms with Gasteiger partial charge in [-0.05, 0) is 17.7 Å². The Balaban J connectivity index is 2.53. The lowest BCUT2D eigenvalue weighted by molar-refractivity contribution is -0.141. The van der Waals surface area contributed by atoms with Crippen LogP contribution in [0.4, 0.5) is 5.69 Å². The van der Waals surface area contributed by atoms with Crippen LogP contribution in [0.1, 0.15) is 5.56 Å². The van der Waals surface area contributed by atoms with Gasteiger partial charge in [-0.1, -0.05) is 18.1 Å². The SMILES string of the molecule is C#CCOC(=O)Cc1cccc(N)c1. The molecule has 0 radical (unpaired) electrons. The smallest absolute Gasteiger partial charge is 0.311 e. The lowest BCUT2D eigenvalue weighted by Crippen LogP contribution is -2.08. The second-order valence-electron chi connectivity index (χ2n) is 2.79. The predicted molar refractivity (Wildman–Crippen MR) is 54.4 cm³/mol. The van der Waals surface area contributed by atoms with Gasteiger partial charge in [-0.3, -0.25) is 4.79 Å². The van der Waals surface area contributed by atoms with E-state index in [4.69, 9.17) is 16.9 Å². The molecule has 0 fully saturated rings. The zero-order valence-corrected chi connectivity index (χ0v) is 7.69. The minimum absolute atomic E-state index is 0.0150. The van der Waals surface area contributed by atoms with Crippen LogP contribution >= 0.6 is 0 Å². The average Bonchev–Trinajstić information content (AvgIpc) is 2.15. The normalized spacial score (nSPS) is 9.07. The summed E-state index contributed by atoms with van der Waals surface area (Å²) in [6.45, 7) is 0.0150. The minimum atomic E-state index is -0.339. The molecule has 3 nitrogen and oxygen atoms in total. The quantitative estimate of drug-likeness (QED) is 0.438. The number of hydrogen-bond donors (Lipinski definition) is 1. The monoisotopic (exact) mass is 189 g/mol. The first-order chi connectivity index (χ1) is 6.72. The van der Waals surface area contributed by atoms with Crippen molar-refractivity contribution in [1.82, 2.24) is 0 Å². The highest BCUT2D eigenvalue weighted by Gasteiger charge is 2.03. The molecule has 0 saturated carbocycles. The molecule has 1 rings (SSSR count). The van der Waals surface area contributed by atoms with E-state index < -0.39 is 0 Å². The van der Waals surface area contributed by atoms with E-state index in [2.05, 4.69) is 5.92 Å². The Morgan fingerprint density at radius 1 is 1.57 bits per heavy atom. The number of carbonyl (C=O) groups is 1. The van der Waals surface area contributed by atoms with E-state index >= 15 is 0 Å². The maximum atomic E-state index is 11.1. The molecule has 14 heavy (non-hydrogen) atoms. The molecule has 0 aliphatic rings. The van der Waals surface area contributed by atoms with Crippen molar-refractivity contribution in [3.63, 3.8) is 0 Å². The van der Waals surface area contributed by atoms with Crippen molar-refractivity contribution in [2.24, 2.45) is 0 Å². The first-order valence-corrected chi connectivity index (χ1v) is 4.16. The van der Waals surface area contributed by atoms with Gasteiger partial charge in [0.1, 0.15) is 0 Å². The van der Waals surface area contributed by atoms with Gasteiger partial charge in [0, 0.05) is 5.69 Å². The molecule has 3 heteroatoms. The van der Waals surface area contributed by atoms with Crippen LogP contribution in [-0.4, -0.2) is 12.6 Å². The molecule has 0 aliphatic carbocycles. The standard InChI is InChI=1S/C11H11NO2/c1-2-6-14-11(13)8-9-4-3-5-10(12)7-9/h1,3-5,7H,6,8,12H2. The van der Waals surface area contributed by atoms with Crippen LogP contribution in [0.15, 0.2) is 24.3 Å². The van der Waals surface area contributed by atoms with Crippen molar-refractivity contribution < 1.29 is 9.53 Å². The summed E-state index contributed by atoms with van der Waals surface area (Å²) in [4.78, 5) is 11.1. The van der Waals surface area contributed by atoms with Gasteiger partial charge in [-0.25, -0.2) is 0 Å². The summed E-state index contributed by atoms with van der Waals surface area (Å²) in [6, 6.07) is 7.10. The van der Waals surface area contributed by atoms with E-state index in [9.17, 15) is 4.79 Å². The Kier molecular flexibility index (Phi) is 3.57. The molecular formula is C11H11NO2. The van der Waals surface area contributed by atoms with Gasteiger partial charge in [-0.15, -0.1) is 6.42 Å². The first-order valence-electron chi connectivity index (χ1n) is 4.16. The summed E-state index contributed by atoms with van der Waals surface area (Å²) in [7, 11) is 0. The van der Waals surface area contributed by atoms with Crippen LogP contribution in [0.2, 0.25) is 0 Å². The van der Waals surface area contributed by atoms with Crippen LogP contribution in [0.5, 0.6) is 0 Å². The van der Waals surface area contributed by atoms with E-state index in [-0.39, 0.29) is 19.0 Å². The highest BCUT2D eigenvalue weighted by Crippen LogP contribution is 2.07. The zero-order chi connectivity index (χ0) is 10.4. The van der Waals surface area contributed by atoms with Gasteiger partial charge >= 0.3 is 5.97 Å². The molecule has 0 unspecified atom stereocenters. The number of anilines is 1. The van der Waals surface area contributed by atoms with Crippen LogP contribution in [0.25, 0.3) is 0 Å². The number of carbonyl (C=O) groups excluding carboxylic acids is 1. The van der Waals surface area contributed by atoms with Gasteiger partial charge in [0.15, 0.2) is 6.61 Å². The van der Waals surface area contributed by atoms with E-state index in [0.29, 0.717) is 5.69 Å². The summed E-state index contributed by atoms with van der Waals surface area (Å²) >= 11 is 0. The maximum Gasteiger partial charge on any atom is 0.311 e. The Morgan fingerprint density at radius 3 is 3.00 bits per heavy atom. The fourth-order valence-corrected chi connectivity index (χ4v) is 1.04. The predicted octanol–water partition coefficient (Wildman–Crippen LogP) is 0.988. The number of nitrogen functional groups attached to an aromatic ring is 1. The van der Waals surface area contributed by atoms with Crippen LogP contribution in [0, 0.1) is 12.3 Å². The molecule has 0 aromatic heterocycles. The lowest BCUT2D eigenvalue weighted by atomic mass is 10.1. The van der Waals surface area contributed by atoms with Gasteiger partial charge in [-0.2, -0.15) is 0 Å². The molecule has 1 aromatic rings. The van der Waals surface area contributed by atoms with Crippen LogP contribution in [0.3, 0.4) is 0 Å². The molecular weight excluding hydrogens is 178 g/mol. The molecule has 0 heterocycles. The van der Waals surface area contributed by atoms with Crippen molar-refractivity contribution in [2.45, 2.75) is 6.42 Å². The first kappa shape index (κ1) is 10.1. The molecule has 0 amide bonds. The van der Waals surface area contributed by atoms with E-state index in [1.54, 1.807) is 18.2 Å². The molecule has 0 spiro atoms. The third-order valence-electron chi connectivity index (χ3n) is 1.62. The molecule has 0 atom stereocenters. The zero-order valence-electron chi connectivity index (χ0n) is 7.69. The summed E-state index contributed by atoms with van der Waals surface area (Å²) < 4.78 is 4.72. The second-order valence-corrected chi connectivity index (χ2v) is 2.79. The number of nitrogens with two attached hydrogens (primary N) is 1. The number of terminal acetylenes is 1. The molecule has 2 N–H and O–H groups in total. The molecule has 0 aliphatic heterocycles. The van der Waals surface area contributed by atoms with Crippen molar-refractivity contribution in [1.29, 1.82) is 0 Å². The van der Waals surface area contributed by atoms with Crippen molar-refractivity contribution in [2.75, 3.05) is 12.3 Å². The molecule has 1 aromatic carbocycles. The highest BCUT2D eigenvalue weighted by atomic mass is 16.5. The Bertz CT molecular complexity index is 366. The summed E-state index contributed by atoms with van der Waals surface area (Å²) in [5, 5.41) is 0. The summed E-state index contributed by atoms with van der Waals surface area (Å²) in [6.07, 6.45) is 5.15. The number of esters is 1. The second kappa shape index (κ2) is 4.93. The number of rotatable bonds is 3. The third kappa shape index (κ3) is 3.20. The number of hydrogen-bond acceptors (Lipinski definition) is 3.